The van der Waals surface area contributed by atoms with Crippen LogP contribution in [0.15, 0.2) is 18.2 Å². The molecular weight excluding hydrogens is 408 g/mol. The Bertz CT molecular complexity index is 913. The van der Waals surface area contributed by atoms with Gasteiger partial charge in [0.1, 0.15) is 13.3 Å². The van der Waals surface area contributed by atoms with Gasteiger partial charge < -0.3 is 9.47 Å². The highest BCUT2D eigenvalue weighted by atomic mass is 19.2. The van der Waals surface area contributed by atoms with E-state index in [2.05, 4.69) is 20.8 Å². The summed E-state index contributed by atoms with van der Waals surface area (Å²) in [6.45, 7) is 5.40. The Hall–Kier alpha value is -2.24. The van der Waals surface area contributed by atoms with E-state index >= 15 is 4.39 Å². The zero-order valence-corrected chi connectivity index (χ0v) is 18.4. The predicted molar refractivity (Wildman–Crippen MR) is 113 cm³/mol. The number of ether oxygens (including phenoxy) is 2. The van der Waals surface area contributed by atoms with Crippen molar-refractivity contribution in [3.63, 3.8) is 0 Å². The van der Waals surface area contributed by atoms with Crippen molar-refractivity contribution in [2.24, 2.45) is 11.8 Å². The van der Waals surface area contributed by atoms with Crippen LogP contribution in [-0.4, -0.2) is 13.3 Å². The molecule has 1 heterocycles. The molecule has 0 fully saturated rings. The highest BCUT2D eigenvalue weighted by molar-refractivity contribution is 5.54. The van der Waals surface area contributed by atoms with Gasteiger partial charge in [-0.1, -0.05) is 52.2 Å². The first-order valence-corrected chi connectivity index (χ1v) is 11.0. The molecule has 2 aromatic carbocycles. The van der Waals surface area contributed by atoms with Crippen LogP contribution in [0.1, 0.15) is 63.1 Å². The average Bonchev–Trinajstić information content (AvgIpc) is 2.77. The van der Waals surface area contributed by atoms with Gasteiger partial charge in [-0.15, -0.1) is 0 Å². The van der Waals surface area contributed by atoms with Crippen LogP contribution in [0.5, 0.6) is 17.2 Å². The molecule has 0 saturated carbocycles. The molecule has 1 aliphatic heterocycles. The van der Waals surface area contributed by atoms with Gasteiger partial charge >= 0.3 is 0 Å². The van der Waals surface area contributed by atoms with E-state index in [4.69, 9.17) is 9.47 Å². The highest BCUT2D eigenvalue weighted by Crippen LogP contribution is 2.43. The van der Waals surface area contributed by atoms with Crippen molar-refractivity contribution >= 4 is 0 Å². The molecule has 2 nitrogen and oxygen atoms in total. The fourth-order valence-electron chi connectivity index (χ4n) is 3.84. The lowest BCUT2D eigenvalue weighted by Gasteiger charge is -2.23. The van der Waals surface area contributed by atoms with Crippen LogP contribution in [0.25, 0.3) is 0 Å². The SMILES string of the molecule is CCC(C)CCC(C)CCc1ccc2c(c1F)Oc1c(cc(OCCF)c(F)c1F)C2. The molecule has 2 unspecified atom stereocenters. The molecule has 1 aliphatic rings. The van der Waals surface area contributed by atoms with E-state index in [9.17, 15) is 13.2 Å². The number of alkyl halides is 1. The van der Waals surface area contributed by atoms with E-state index in [0.717, 1.165) is 25.7 Å². The molecule has 3 rings (SSSR count). The maximum atomic E-state index is 15.1. The standard InChI is InChI=1S/C25H30F4O2/c1-4-15(2)5-6-16(3)7-8-17-9-10-18-13-19-14-20(30-12-11-26)22(28)23(29)25(19)31-24(18)21(17)27/h9-10,14-16H,4-8,11-13H2,1-3H3. The molecule has 6 heteroatoms. The summed E-state index contributed by atoms with van der Waals surface area (Å²) < 4.78 is 66.7. The second-order valence-electron chi connectivity index (χ2n) is 8.57. The molecule has 0 bridgehead atoms. The van der Waals surface area contributed by atoms with Gasteiger partial charge in [-0.2, -0.15) is 8.78 Å². The molecule has 0 spiro atoms. The first-order valence-electron chi connectivity index (χ1n) is 11.0. The molecule has 0 saturated heterocycles. The maximum absolute atomic E-state index is 15.1. The summed E-state index contributed by atoms with van der Waals surface area (Å²) in [6, 6.07) is 4.80. The first kappa shape index (κ1) is 23.4. The molecular formula is C25H30F4O2. The second-order valence-corrected chi connectivity index (χ2v) is 8.57. The molecule has 0 radical (unpaired) electrons. The van der Waals surface area contributed by atoms with E-state index in [1.54, 1.807) is 12.1 Å². The zero-order chi connectivity index (χ0) is 22.5. The number of hydrogen-bond donors (Lipinski definition) is 0. The lowest BCUT2D eigenvalue weighted by atomic mass is 9.91. The fourth-order valence-corrected chi connectivity index (χ4v) is 3.84. The van der Waals surface area contributed by atoms with Crippen molar-refractivity contribution < 1.29 is 27.0 Å². The quantitative estimate of drug-likeness (QED) is 0.304. The Morgan fingerprint density at radius 2 is 1.65 bits per heavy atom. The van der Waals surface area contributed by atoms with Crippen LogP contribution in [0.4, 0.5) is 17.6 Å². The molecule has 0 aromatic heterocycles. The van der Waals surface area contributed by atoms with Gasteiger partial charge in [0.15, 0.2) is 23.1 Å². The topological polar surface area (TPSA) is 18.5 Å². The van der Waals surface area contributed by atoms with Crippen LogP contribution in [-0.2, 0) is 12.8 Å². The summed E-state index contributed by atoms with van der Waals surface area (Å²) in [7, 11) is 0. The number of fused-ring (bicyclic) bond motifs is 2. The van der Waals surface area contributed by atoms with Gasteiger partial charge in [-0.3, -0.25) is 0 Å². The first-order chi connectivity index (χ1) is 14.8. The molecule has 2 atom stereocenters. The van der Waals surface area contributed by atoms with Crippen LogP contribution in [0, 0.1) is 29.3 Å². The third-order valence-electron chi connectivity index (χ3n) is 6.14. The Morgan fingerprint density at radius 1 is 0.935 bits per heavy atom. The molecule has 2 aromatic rings. The lowest BCUT2D eigenvalue weighted by Crippen LogP contribution is -2.11. The number of halogens is 4. The minimum absolute atomic E-state index is 0.0482. The summed E-state index contributed by atoms with van der Waals surface area (Å²) in [5, 5.41) is 0. The van der Waals surface area contributed by atoms with Crippen molar-refractivity contribution in [2.45, 2.75) is 59.3 Å². The van der Waals surface area contributed by atoms with Gasteiger partial charge in [0.2, 0.25) is 11.6 Å². The summed E-state index contributed by atoms with van der Waals surface area (Å²) in [4.78, 5) is 0. The molecule has 0 amide bonds. The molecule has 31 heavy (non-hydrogen) atoms. The Kier molecular flexibility index (Phi) is 7.84. The Balaban J connectivity index is 1.75. The normalized spacial score (nSPS) is 14.4. The number of aryl methyl sites for hydroxylation is 1. The second kappa shape index (κ2) is 10.4. The van der Waals surface area contributed by atoms with Crippen molar-refractivity contribution in [1.29, 1.82) is 0 Å². The highest BCUT2D eigenvalue weighted by Gasteiger charge is 2.29. The van der Waals surface area contributed by atoms with Crippen molar-refractivity contribution in [3.8, 4) is 17.2 Å². The van der Waals surface area contributed by atoms with Crippen molar-refractivity contribution in [1.82, 2.24) is 0 Å². The van der Waals surface area contributed by atoms with E-state index in [1.807, 2.05) is 0 Å². The largest absolute Gasteiger partial charge is 0.488 e. The Morgan fingerprint density at radius 3 is 2.35 bits per heavy atom. The van der Waals surface area contributed by atoms with E-state index < -0.39 is 24.1 Å². The summed E-state index contributed by atoms with van der Waals surface area (Å²) >= 11 is 0. The van der Waals surface area contributed by atoms with Gasteiger partial charge in [-0.25, -0.2) is 8.78 Å². The molecule has 170 valence electrons. The molecule has 0 N–H and O–H groups in total. The monoisotopic (exact) mass is 438 g/mol. The van der Waals surface area contributed by atoms with Crippen LogP contribution >= 0.6 is 0 Å². The van der Waals surface area contributed by atoms with Crippen LogP contribution < -0.4 is 9.47 Å². The summed E-state index contributed by atoms with van der Waals surface area (Å²) in [6.07, 6.45) is 5.00. The maximum Gasteiger partial charge on any atom is 0.205 e. The van der Waals surface area contributed by atoms with E-state index in [1.165, 1.54) is 6.07 Å². The Labute approximate surface area is 181 Å². The zero-order valence-electron chi connectivity index (χ0n) is 18.4. The van der Waals surface area contributed by atoms with Gasteiger partial charge in [0.25, 0.3) is 0 Å². The van der Waals surface area contributed by atoms with Crippen LogP contribution in [0.2, 0.25) is 0 Å². The lowest BCUT2D eigenvalue weighted by molar-refractivity contribution is 0.256. The minimum atomic E-state index is -1.26. The third-order valence-corrected chi connectivity index (χ3v) is 6.14. The van der Waals surface area contributed by atoms with Crippen molar-refractivity contribution in [3.05, 3.63) is 52.3 Å². The van der Waals surface area contributed by atoms with Gasteiger partial charge in [-0.05, 0) is 36.3 Å². The average molecular weight is 439 g/mol. The fraction of sp³-hybridized carbons (Fsp3) is 0.520. The minimum Gasteiger partial charge on any atom is -0.488 e. The predicted octanol–water partition coefficient (Wildman–Crippen LogP) is 7.54. The third kappa shape index (κ3) is 5.34. The van der Waals surface area contributed by atoms with Gasteiger partial charge in [0.05, 0.1) is 0 Å². The van der Waals surface area contributed by atoms with Crippen LogP contribution in [0.3, 0.4) is 0 Å². The smallest absolute Gasteiger partial charge is 0.205 e. The summed E-state index contributed by atoms with van der Waals surface area (Å²) in [5.41, 5.74) is 1.41. The number of hydrogen-bond acceptors (Lipinski definition) is 2. The van der Waals surface area contributed by atoms with E-state index in [-0.39, 0.29) is 30.3 Å². The van der Waals surface area contributed by atoms with Gasteiger partial charge in [0, 0.05) is 17.5 Å². The number of benzene rings is 2. The summed E-state index contributed by atoms with van der Waals surface area (Å²) in [5.74, 6) is -2.62. The van der Waals surface area contributed by atoms with Crippen molar-refractivity contribution in [2.75, 3.05) is 13.3 Å². The number of rotatable bonds is 10. The molecule has 0 aliphatic carbocycles. The van der Waals surface area contributed by atoms with E-state index in [0.29, 0.717) is 34.9 Å².